The highest BCUT2D eigenvalue weighted by atomic mass is 32.1. The lowest BCUT2D eigenvalue weighted by Crippen LogP contribution is -2.34. The van der Waals surface area contributed by atoms with Crippen molar-refractivity contribution in [2.24, 2.45) is 0 Å². The van der Waals surface area contributed by atoms with Crippen LogP contribution in [0.5, 0.6) is 5.75 Å². The fourth-order valence-electron chi connectivity index (χ4n) is 2.48. The normalized spacial score (nSPS) is 11.5. The minimum Gasteiger partial charge on any atom is -0.494 e. The van der Waals surface area contributed by atoms with Gasteiger partial charge >= 0.3 is 0 Å². The van der Waals surface area contributed by atoms with E-state index in [0.717, 1.165) is 12.1 Å². The van der Waals surface area contributed by atoms with Crippen molar-refractivity contribution in [3.63, 3.8) is 0 Å². The molecule has 1 atom stereocenters. The predicted molar refractivity (Wildman–Crippen MR) is 106 cm³/mol. The predicted octanol–water partition coefficient (Wildman–Crippen LogP) is 4.73. The van der Waals surface area contributed by atoms with Crippen LogP contribution in [0.2, 0.25) is 0 Å². The summed E-state index contributed by atoms with van der Waals surface area (Å²) in [6.07, 6.45) is 1.03. The maximum absolute atomic E-state index is 12.4. The molecular formula is C20H24N2O2S. The van der Waals surface area contributed by atoms with E-state index in [1.165, 1.54) is 5.56 Å². The molecule has 0 fully saturated rings. The molecule has 2 aromatic rings. The molecule has 0 aliphatic carbocycles. The fraction of sp³-hybridized carbons (Fsp3) is 0.300. The number of amides is 1. The minimum atomic E-state index is -0.264. The standard InChI is InChI=1S/C20H24N2O2S/c1-4-14(3)17-11-6-7-12-18(17)21-20(25)22-19(23)15-9-8-10-16(13-15)24-5-2/h6-14H,4-5H2,1-3H3,(H2,21,22,23,25)/t14-/m0/s1. The van der Waals surface area contributed by atoms with E-state index >= 15 is 0 Å². The molecule has 0 spiro atoms. The molecule has 25 heavy (non-hydrogen) atoms. The first kappa shape index (κ1) is 18.9. The summed E-state index contributed by atoms with van der Waals surface area (Å²) in [5, 5.41) is 6.14. The van der Waals surface area contributed by atoms with E-state index in [1.807, 2.05) is 31.2 Å². The van der Waals surface area contributed by atoms with Gasteiger partial charge in [-0.1, -0.05) is 38.1 Å². The van der Waals surface area contributed by atoms with Crippen molar-refractivity contribution in [1.29, 1.82) is 0 Å². The Bertz CT molecular complexity index is 746. The average Bonchev–Trinajstić information content (AvgIpc) is 2.62. The van der Waals surface area contributed by atoms with Crippen LogP contribution in [0.25, 0.3) is 0 Å². The Morgan fingerprint density at radius 2 is 1.92 bits per heavy atom. The number of para-hydroxylation sites is 1. The third kappa shape index (κ3) is 5.29. The third-order valence-electron chi connectivity index (χ3n) is 3.99. The van der Waals surface area contributed by atoms with Crippen LogP contribution in [-0.4, -0.2) is 17.6 Å². The Hall–Kier alpha value is -2.40. The Morgan fingerprint density at radius 3 is 2.64 bits per heavy atom. The van der Waals surface area contributed by atoms with Gasteiger partial charge in [-0.3, -0.25) is 10.1 Å². The Labute approximate surface area is 154 Å². The largest absolute Gasteiger partial charge is 0.494 e. The molecular weight excluding hydrogens is 332 g/mol. The zero-order valence-electron chi connectivity index (χ0n) is 14.8. The highest BCUT2D eigenvalue weighted by Crippen LogP contribution is 2.26. The molecule has 0 aliphatic rings. The lowest BCUT2D eigenvalue weighted by Gasteiger charge is -2.17. The zero-order chi connectivity index (χ0) is 18.2. The number of anilines is 1. The summed E-state index contributed by atoms with van der Waals surface area (Å²) in [4.78, 5) is 12.4. The van der Waals surface area contributed by atoms with Gasteiger partial charge < -0.3 is 10.1 Å². The highest BCUT2D eigenvalue weighted by molar-refractivity contribution is 7.80. The molecule has 0 bridgehead atoms. The number of hydrogen-bond acceptors (Lipinski definition) is 3. The van der Waals surface area contributed by atoms with Gasteiger partial charge in [0.05, 0.1) is 6.61 Å². The van der Waals surface area contributed by atoms with E-state index in [0.29, 0.717) is 23.8 Å². The van der Waals surface area contributed by atoms with Crippen LogP contribution in [-0.2, 0) is 0 Å². The number of ether oxygens (including phenoxy) is 1. The van der Waals surface area contributed by atoms with E-state index in [9.17, 15) is 4.79 Å². The maximum Gasteiger partial charge on any atom is 0.257 e. The lowest BCUT2D eigenvalue weighted by atomic mass is 9.97. The van der Waals surface area contributed by atoms with Crippen LogP contribution in [0.4, 0.5) is 5.69 Å². The molecule has 132 valence electrons. The maximum atomic E-state index is 12.4. The molecule has 5 heteroatoms. The van der Waals surface area contributed by atoms with Gasteiger partial charge in [0.25, 0.3) is 5.91 Å². The van der Waals surface area contributed by atoms with Crippen LogP contribution in [0.3, 0.4) is 0 Å². The van der Waals surface area contributed by atoms with E-state index in [-0.39, 0.29) is 11.0 Å². The van der Waals surface area contributed by atoms with Gasteiger partial charge in [-0.05, 0) is 61.3 Å². The van der Waals surface area contributed by atoms with Crippen molar-refractivity contribution in [2.45, 2.75) is 33.1 Å². The summed E-state index contributed by atoms with van der Waals surface area (Å²) in [6.45, 7) is 6.77. The van der Waals surface area contributed by atoms with Gasteiger partial charge in [-0.2, -0.15) is 0 Å². The number of thiocarbonyl (C=S) groups is 1. The summed E-state index contributed by atoms with van der Waals surface area (Å²) in [6, 6.07) is 15.0. The first-order chi connectivity index (χ1) is 12.0. The van der Waals surface area contributed by atoms with E-state index in [1.54, 1.807) is 18.2 Å². The molecule has 0 saturated heterocycles. The lowest BCUT2D eigenvalue weighted by molar-refractivity contribution is 0.0977. The molecule has 0 radical (unpaired) electrons. The van der Waals surface area contributed by atoms with Crippen LogP contribution < -0.4 is 15.4 Å². The van der Waals surface area contributed by atoms with Gasteiger partial charge in [-0.25, -0.2) is 0 Å². The van der Waals surface area contributed by atoms with E-state index < -0.39 is 0 Å². The second-order valence-electron chi connectivity index (χ2n) is 5.77. The Morgan fingerprint density at radius 1 is 1.16 bits per heavy atom. The van der Waals surface area contributed by atoms with Gasteiger partial charge in [-0.15, -0.1) is 0 Å². The highest BCUT2D eigenvalue weighted by Gasteiger charge is 2.12. The molecule has 1 amide bonds. The zero-order valence-corrected chi connectivity index (χ0v) is 15.7. The van der Waals surface area contributed by atoms with Gasteiger partial charge in [0.15, 0.2) is 5.11 Å². The molecule has 0 aromatic heterocycles. The van der Waals surface area contributed by atoms with Crippen molar-refractivity contribution in [3.8, 4) is 5.75 Å². The first-order valence-corrected chi connectivity index (χ1v) is 8.90. The van der Waals surface area contributed by atoms with Crippen molar-refractivity contribution in [2.75, 3.05) is 11.9 Å². The topological polar surface area (TPSA) is 50.4 Å². The number of carbonyl (C=O) groups is 1. The molecule has 4 nitrogen and oxygen atoms in total. The van der Waals surface area contributed by atoms with Crippen LogP contribution >= 0.6 is 12.2 Å². The Kier molecular flexibility index (Phi) is 6.95. The van der Waals surface area contributed by atoms with Crippen LogP contribution in [0, 0.1) is 0 Å². The molecule has 2 N–H and O–H groups in total. The second-order valence-corrected chi connectivity index (χ2v) is 6.17. The number of rotatable bonds is 6. The summed E-state index contributed by atoms with van der Waals surface area (Å²) >= 11 is 5.30. The quantitative estimate of drug-likeness (QED) is 0.735. The van der Waals surface area contributed by atoms with Crippen LogP contribution in [0.1, 0.15) is 49.0 Å². The fourth-order valence-corrected chi connectivity index (χ4v) is 2.69. The molecule has 2 aromatic carbocycles. The van der Waals surface area contributed by atoms with Gasteiger partial charge in [0.1, 0.15) is 5.75 Å². The molecule has 2 rings (SSSR count). The smallest absolute Gasteiger partial charge is 0.257 e. The number of hydrogen-bond donors (Lipinski definition) is 2. The summed E-state index contributed by atoms with van der Waals surface area (Å²) < 4.78 is 5.42. The van der Waals surface area contributed by atoms with E-state index in [2.05, 4.69) is 30.5 Å². The van der Waals surface area contributed by atoms with Crippen LogP contribution in [0.15, 0.2) is 48.5 Å². The van der Waals surface area contributed by atoms with E-state index in [4.69, 9.17) is 17.0 Å². The number of carbonyl (C=O) groups excluding carboxylic acids is 1. The molecule has 0 aliphatic heterocycles. The van der Waals surface area contributed by atoms with Gasteiger partial charge in [0.2, 0.25) is 0 Å². The summed E-state index contributed by atoms with van der Waals surface area (Å²) in [7, 11) is 0. The summed E-state index contributed by atoms with van der Waals surface area (Å²) in [5.41, 5.74) is 2.61. The monoisotopic (exact) mass is 356 g/mol. The molecule has 0 unspecified atom stereocenters. The average molecular weight is 356 g/mol. The van der Waals surface area contributed by atoms with Crippen molar-refractivity contribution in [1.82, 2.24) is 5.32 Å². The van der Waals surface area contributed by atoms with Crippen molar-refractivity contribution < 1.29 is 9.53 Å². The number of nitrogens with one attached hydrogen (secondary N) is 2. The first-order valence-electron chi connectivity index (χ1n) is 8.49. The minimum absolute atomic E-state index is 0.264. The molecule has 0 heterocycles. The van der Waals surface area contributed by atoms with Gasteiger partial charge in [0, 0.05) is 11.3 Å². The summed E-state index contributed by atoms with van der Waals surface area (Å²) in [5.74, 6) is 0.807. The van der Waals surface area contributed by atoms with Crippen molar-refractivity contribution >= 4 is 28.9 Å². The van der Waals surface area contributed by atoms with Crippen molar-refractivity contribution in [3.05, 3.63) is 59.7 Å². The third-order valence-corrected chi connectivity index (χ3v) is 4.19. The molecule has 0 saturated carbocycles. The Balaban J connectivity index is 2.05. The second kappa shape index (κ2) is 9.18. The number of benzene rings is 2. The SMILES string of the molecule is CCOc1cccc(C(=O)NC(=S)Nc2ccccc2[C@@H](C)CC)c1.